The molecule has 10 heteroatoms. The molecule has 0 radical (unpaired) electrons. The molecule has 2 aromatic rings. The fourth-order valence-electron chi connectivity index (χ4n) is 4.77. The maximum Gasteiger partial charge on any atom is 0.515 e. The van der Waals surface area contributed by atoms with Crippen LogP contribution >= 0.6 is 0 Å². The third kappa shape index (κ3) is 6.26. The van der Waals surface area contributed by atoms with E-state index in [-0.39, 0.29) is 18.1 Å². The van der Waals surface area contributed by atoms with E-state index in [1.165, 1.54) is 62.6 Å². The van der Waals surface area contributed by atoms with Gasteiger partial charge in [0.2, 0.25) is 0 Å². The molecule has 0 aliphatic heterocycles. The van der Waals surface area contributed by atoms with Gasteiger partial charge in [0.25, 0.3) is 0 Å². The summed E-state index contributed by atoms with van der Waals surface area (Å²) in [7, 11) is 1.37. The van der Waals surface area contributed by atoms with Crippen LogP contribution in [0.15, 0.2) is 48.5 Å². The van der Waals surface area contributed by atoms with Crippen LogP contribution in [0.4, 0.5) is 4.79 Å². The van der Waals surface area contributed by atoms with Crippen LogP contribution in [-0.2, 0) is 23.7 Å². The van der Waals surface area contributed by atoms with Gasteiger partial charge in [0, 0.05) is 24.9 Å². The van der Waals surface area contributed by atoms with Gasteiger partial charge in [-0.1, -0.05) is 27.7 Å². The predicted molar refractivity (Wildman–Crippen MR) is 129 cm³/mol. The van der Waals surface area contributed by atoms with Gasteiger partial charge in [-0.3, -0.25) is 4.79 Å². The Morgan fingerprint density at radius 2 is 1.11 bits per heavy atom. The van der Waals surface area contributed by atoms with Crippen molar-refractivity contribution in [2.75, 3.05) is 13.9 Å². The van der Waals surface area contributed by atoms with Gasteiger partial charge >= 0.3 is 24.1 Å². The summed E-state index contributed by atoms with van der Waals surface area (Å²) in [6.07, 6.45) is -2.01. The monoisotopic (exact) mass is 514 g/mol. The van der Waals surface area contributed by atoms with Gasteiger partial charge in [-0.2, -0.15) is 0 Å². The van der Waals surface area contributed by atoms with Gasteiger partial charge in [-0.25, -0.2) is 14.4 Å². The molecule has 198 valence electrons. The summed E-state index contributed by atoms with van der Waals surface area (Å²) < 4.78 is 30.9. The highest BCUT2D eigenvalue weighted by atomic mass is 16.8. The van der Waals surface area contributed by atoms with E-state index in [1.807, 2.05) is 27.7 Å². The Morgan fingerprint density at radius 3 is 1.49 bits per heavy atom. The normalized spacial score (nSPS) is 19.1. The second-order valence-corrected chi connectivity index (χ2v) is 9.76. The maximum absolute atomic E-state index is 12.8. The average molecular weight is 515 g/mol. The van der Waals surface area contributed by atoms with E-state index in [1.54, 1.807) is 0 Å². The molecule has 10 nitrogen and oxygen atoms in total. The van der Waals surface area contributed by atoms with Gasteiger partial charge in [-0.15, -0.1) is 0 Å². The highest BCUT2D eigenvalue weighted by Gasteiger charge is 2.66. The summed E-state index contributed by atoms with van der Waals surface area (Å²) >= 11 is 0. The van der Waals surface area contributed by atoms with E-state index in [4.69, 9.17) is 18.9 Å². The lowest BCUT2D eigenvalue weighted by atomic mass is 9.51. The van der Waals surface area contributed by atoms with Crippen molar-refractivity contribution in [1.29, 1.82) is 0 Å². The molecule has 1 aliphatic rings. The maximum atomic E-state index is 12.8. The number of hydrogen-bond acceptors (Lipinski definition) is 10. The molecule has 0 amide bonds. The number of carbonyl (C=O) groups excluding carboxylic acids is 4. The number of carbonyl (C=O) groups is 4. The first-order chi connectivity index (χ1) is 17.4. The zero-order chi connectivity index (χ0) is 27.4. The van der Waals surface area contributed by atoms with Crippen molar-refractivity contribution in [2.45, 2.75) is 46.8 Å². The van der Waals surface area contributed by atoms with E-state index in [9.17, 15) is 19.2 Å². The summed E-state index contributed by atoms with van der Waals surface area (Å²) in [5.41, 5.74) is -0.768. The van der Waals surface area contributed by atoms with Crippen LogP contribution in [0.2, 0.25) is 0 Å². The third-order valence-corrected chi connectivity index (χ3v) is 6.09. The van der Waals surface area contributed by atoms with E-state index < -0.39 is 47.1 Å². The first-order valence-electron chi connectivity index (χ1n) is 11.5. The second-order valence-electron chi connectivity index (χ2n) is 9.76. The molecular weight excluding hydrogens is 484 g/mol. The highest BCUT2D eigenvalue weighted by Crippen LogP contribution is 2.57. The molecule has 1 fully saturated rings. The number of benzene rings is 2. The topological polar surface area (TPSA) is 124 Å². The first-order valence-corrected chi connectivity index (χ1v) is 11.5. The Labute approximate surface area is 214 Å². The van der Waals surface area contributed by atoms with Crippen LogP contribution in [0.25, 0.3) is 0 Å². The zero-order valence-corrected chi connectivity index (χ0v) is 21.6. The number of rotatable bonds is 8. The Balaban J connectivity index is 1.62. The molecule has 0 saturated heterocycles. The Hall–Kier alpha value is -3.92. The molecule has 3 rings (SSSR count). The SMILES string of the molecule is COCOC(=O)Oc1ccc(C(=O)OC2C(C)(C)C(OC(=O)c3ccc(OC(C)=O)cc3)C2(C)C)cc1. The number of esters is 3. The van der Waals surface area contributed by atoms with Crippen molar-refractivity contribution < 1.29 is 47.6 Å². The van der Waals surface area contributed by atoms with Crippen molar-refractivity contribution in [3.05, 3.63) is 59.7 Å². The van der Waals surface area contributed by atoms with Crippen LogP contribution in [-0.4, -0.2) is 50.2 Å². The van der Waals surface area contributed by atoms with Crippen LogP contribution in [0.3, 0.4) is 0 Å². The van der Waals surface area contributed by atoms with Crippen LogP contribution < -0.4 is 9.47 Å². The summed E-state index contributed by atoms with van der Waals surface area (Å²) in [5.74, 6) is -1.04. The van der Waals surface area contributed by atoms with Crippen LogP contribution in [0.5, 0.6) is 11.5 Å². The van der Waals surface area contributed by atoms with Crippen molar-refractivity contribution in [3.63, 3.8) is 0 Å². The fourth-order valence-corrected chi connectivity index (χ4v) is 4.77. The van der Waals surface area contributed by atoms with Gasteiger partial charge in [0.1, 0.15) is 23.7 Å². The summed E-state index contributed by atoms with van der Waals surface area (Å²) in [6, 6.07) is 11.9. The number of ether oxygens (including phenoxy) is 6. The van der Waals surface area contributed by atoms with E-state index >= 15 is 0 Å². The molecule has 2 aromatic carbocycles. The highest BCUT2D eigenvalue weighted by molar-refractivity contribution is 5.91. The van der Waals surface area contributed by atoms with E-state index in [0.717, 1.165) is 0 Å². The molecule has 0 aromatic heterocycles. The first kappa shape index (κ1) is 27.7. The minimum atomic E-state index is -0.934. The summed E-state index contributed by atoms with van der Waals surface area (Å²) in [5, 5.41) is 0. The van der Waals surface area contributed by atoms with Crippen LogP contribution in [0, 0.1) is 10.8 Å². The van der Waals surface area contributed by atoms with Gasteiger partial charge in [0.05, 0.1) is 11.1 Å². The Kier molecular flexibility index (Phi) is 8.22. The standard InChI is InChI=1S/C27H30O10/c1-16(28)34-19-11-7-17(8-12-19)21(29)36-23-26(2,3)24(27(23,4)5)37-22(30)18-9-13-20(14-10-18)35-25(31)33-15-32-6/h7-14,23-24H,15H2,1-6H3. The molecule has 1 saturated carbocycles. The molecule has 0 N–H and O–H groups in total. The second kappa shape index (κ2) is 11.0. The van der Waals surface area contributed by atoms with E-state index in [0.29, 0.717) is 11.3 Å². The molecule has 37 heavy (non-hydrogen) atoms. The molecular formula is C27H30O10. The van der Waals surface area contributed by atoms with Crippen molar-refractivity contribution in [1.82, 2.24) is 0 Å². The molecule has 0 bridgehead atoms. The quantitative estimate of drug-likeness (QED) is 0.163. The van der Waals surface area contributed by atoms with Crippen molar-refractivity contribution in [3.8, 4) is 11.5 Å². The van der Waals surface area contributed by atoms with Gasteiger partial charge < -0.3 is 28.4 Å². The largest absolute Gasteiger partial charge is 0.515 e. The van der Waals surface area contributed by atoms with E-state index in [2.05, 4.69) is 9.47 Å². The van der Waals surface area contributed by atoms with Crippen LogP contribution in [0.1, 0.15) is 55.3 Å². The molecule has 0 atom stereocenters. The number of methoxy groups -OCH3 is 1. The lowest BCUT2D eigenvalue weighted by Gasteiger charge is -2.61. The third-order valence-electron chi connectivity index (χ3n) is 6.09. The minimum Gasteiger partial charge on any atom is -0.457 e. The lowest BCUT2D eigenvalue weighted by Crippen LogP contribution is -2.69. The molecule has 0 heterocycles. The van der Waals surface area contributed by atoms with Gasteiger partial charge in [0.15, 0.2) is 6.79 Å². The zero-order valence-electron chi connectivity index (χ0n) is 21.6. The van der Waals surface area contributed by atoms with Crippen molar-refractivity contribution >= 4 is 24.1 Å². The Morgan fingerprint density at radius 1 is 0.703 bits per heavy atom. The molecule has 0 spiro atoms. The molecule has 1 aliphatic carbocycles. The van der Waals surface area contributed by atoms with Gasteiger partial charge in [-0.05, 0) is 48.5 Å². The minimum absolute atomic E-state index is 0.190. The fraction of sp³-hybridized carbons (Fsp3) is 0.407. The summed E-state index contributed by atoms with van der Waals surface area (Å²) in [6.45, 7) is 8.50. The molecule has 0 unspecified atom stereocenters. The lowest BCUT2D eigenvalue weighted by molar-refractivity contribution is -0.246. The number of hydrogen-bond donors (Lipinski definition) is 0. The predicted octanol–water partition coefficient (Wildman–Crippen LogP) is 4.55. The average Bonchev–Trinajstić information content (AvgIpc) is 2.84. The smallest absolute Gasteiger partial charge is 0.457 e. The summed E-state index contributed by atoms with van der Waals surface area (Å²) in [4.78, 5) is 48.2. The Bertz CT molecular complexity index is 1130. The van der Waals surface area contributed by atoms with Crippen molar-refractivity contribution in [2.24, 2.45) is 10.8 Å².